The number of ether oxygens (including phenoxy) is 1. The van der Waals surface area contributed by atoms with E-state index in [9.17, 15) is 14.5 Å². The lowest BCUT2D eigenvalue weighted by molar-refractivity contribution is -0.387. The van der Waals surface area contributed by atoms with Gasteiger partial charge in [0.25, 0.3) is 0 Å². The highest BCUT2D eigenvalue weighted by Gasteiger charge is 2.16. The zero-order valence-corrected chi connectivity index (χ0v) is 12.2. The number of hydrogen-bond donors (Lipinski definition) is 0. The second kappa shape index (κ2) is 6.09. The second-order valence-electron chi connectivity index (χ2n) is 4.34. The number of benzene rings is 1. The minimum atomic E-state index is -0.942. The van der Waals surface area contributed by atoms with Crippen molar-refractivity contribution < 1.29 is 14.1 Å². The molecule has 0 amide bonds. The van der Waals surface area contributed by atoms with Crippen LogP contribution in [0.4, 0.5) is 10.1 Å². The van der Waals surface area contributed by atoms with Crippen LogP contribution in [0.15, 0.2) is 18.2 Å². The highest BCUT2D eigenvalue weighted by molar-refractivity contribution is 6.31. The monoisotopic (exact) mass is 313 g/mol. The summed E-state index contributed by atoms with van der Waals surface area (Å²) in [6.45, 7) is 2.03. The molecule has 0 atom stereocenters. The molecule has 0 aliphatic heterocycles. The third-order valence-electron chi connectivity index (χ3n) is 2.99. The highest BCUT2D eigenvalue weighted by Crippen LogP contribution is 2.25. The van der Waals surface area contributed by atoms with Gasteiger partial charge >= 0.3 is 5.69 Å². The zero-order chi connectivity index (χ0) is 15.6. The van der Waals surface area contributed by atoms with Crippen LogP contribution < -0.4 is 4.74 Å². The number of aromatic nitrogens is 2. The molecule has 8 heteroatoms. The molecule has 2 aromatic rings. The molecule has 1 aromatic heterocycles. The van der Waals surface area contributed by atoms with E-state index in [1.807, 2.05) is 6.92 Å². The van der Waals surface area contributed by atoms with Gasteiger partial charge in [0, 0.05) is 19.2 Å². The fraction of sp³-hybridized carbons (Fsp3) is 0.308. The van der Waals surface area contributed by atoms with Gasteiger partial charge in [0.1, 0.15) is 12.4 Å². The molecule has 0 N–H and O–H groups in total. The molecule has 0 saturated carbocycles. The van der Waals surface area contributed by atoms with Gasteiger partial charge in [-0.1, -0.05) is 18.5 Å². The van der Waals surface area contributed by atoms with Crippen LogP contribution in [0.1, 0.15) is 18.3 Å². The molecule has 0 fully saturated rings. The summed E-state index contributed by atoms with van der Waals surface area (Å²) < 4.78 is 20.5. The van der Waals surface area contributed by atoms with Crippen molar-refractivity contribution in [2.24, 2.45) is 7.05 Å². The Morgan fingerprint density at radius 3 is 2.76 bits per heavy atom. The Morgan fingerprint density at radius 1 is 1.52 bits per heavy atom. The van der Waals surface area contributed by atoms with Crippen LogP contribution in [-0.2, 0) is 20.1 Å². The first-order chi connectivity index (χ1) is 9.93. The van der Waals surface area contributed by atoms with Crippen LogP contribution in [0.5, 0.6) is 5.75 Å². The van der Waals surface area contributed by atoms with E-state index in [-0.39, 0.29) is 12.4 Å². The summed E-state index contributed by atoms with van der Waals surface area (Å²) in [5.74, 6) is -0.753. The lowest BCUT2D eigenvalue weighted by Crippen LogP contribution is -2.04. The maximum Gasteiger partial charge on any atom is 0.305 e. The number of rotatable bonds is 5. The number of nitro benzene ring substituents is 1. The predicted molar refractivity (Wildman–Crippen MR) is 75.0 cm³/mol. The average Bonchev–Trinajstić information content (AvgIpc) is 2.71. The Labute approximate surface area is 125 Å². The third kappa shape index (κ3) is 3.13. The first-order valence-electron chi connectivity index (χ1n) is 6.21. The van der Waals surface area contributed by atoms with Crippen molar-refractivity contribution in [1.82, 2.24) is 9.78 Å². The molecule has 0 radical (unpaired) electrons. The van der Waals surface area contributed by atoms with Gasteiger partial charge in [-0.05, 0) is 12.5 Å². The molecule has 0 bridgehead atoms. The summed E-state index contributed by atoms with van der Waals surface area (Å²) in [7, 11) is 1.74. The fourth-order valence-electron chi connectivity index (χ4n) is 1.85. The molecule has 112 valence electrons. The van der Waals surface area contributed by atoms with Gasteiger partial charge in [-0.25, -0.2) is 0 Å². The summed E-state index contributed by atoms with van der Waals surface area (Å²) in [4.78, 5) is 9.75. The van der Waals surface area contributed by atoms with E-state index in [2.05, 4.69) is 5.10 Å². The minimum absolute atomic E-state index is 0.0968. The first-order valence-corrected chi connectivity index (χ1v) is 6.58. The van der Waals surface area contributed by atoms with Gasteiger partial charge in [0.2, 0.25) is 5.82 Å². The molecular weight excluding hydrogens is 301 g/mol. The maximum atomic E-state index is 13.5. The Bertz CT molecular complexity index is 688. The second-order valence-corrected chi connectivity index (χ2v) is 4.72. The molecule has 0 aliphatic carbocycles. The van der Waals surface area contributed by atoms with E-state index in [1.165, 1.54) is 6.07 Å². The van der Waals surface area contributed by atoms with Crippen LogP contribution in [0.3, 0.4) is 0 Å². The van der Waals surface area contributed by atoms with Crippen molar-refractivity contribution in [3.63, 3.8) is 0 Å². The predicted octanol–water partition coefficient (Wildman–Crippen LogP) is 3.26. The number of nitro groups is 1. The van der Waals surface area contributed by atoms with Crippen molar-refractivity contribution in [2.45, 2.75) is 20.0 Å². The average molecular weight is 314 g/mol. The Morgan fingerprint density at radius 2 is 2.24 bits per heavy atom. The van der Waals surface area contributed by atoms with Crippen molar-refractivity contribution in [2.75, 3.05) is 0 Å². The van der Waals surface area contributed by atoms with Crippen LogP contribution in [0.25, 0.3) is 0 Å². The molecule has 0 unspecified atom stereocenters. The molecule has 0 aliphatic rings. The minimum Gasteiger partial charge on any atom is -0.487 e. The SMILES string of the molecule is CCc1nn(C)c(COc2ccc([N+](=O)[O-])c(F)c2)c1Cl. The summed E-state index contributed by atoms with van der Waals surface area (Å²) in [6.07, 6.45) is 0.693. The normalized spacial score (nSPS) is 10.7. The Balaban J connectivity index is 2.15. The molecule has 0 spiro atoms. The molecule has 0 saturated heterocycles. The lowest BCUT2D eigenvalue weighted by Gasteiger charge is -2.07. The van der Waals surface area contributed by atoms with Crippen molar-refractivity contribution in [1.29, 1.82) is 0 Å². The van der Waals surface area contributed by atoms with Crippen LogP contribution in [-0.4, -0.2) is 14.7 Å². The van der Waals surface area contributed by atoms with Gasteiger partial charge in [0.05, 0.1) is 21.3 Å². The number of halogens is 2. The summed E-state index contributed by atoms with van der Waals surface area (Å²) >= 11 is 6.17. The summed E-state index contributed by atoms with van der Waals surface area (Å²) in [5, 5.41) is 15.3. The Hall–Kier alpha value is -2.15. The number of aryl methyl sites for hydroxylation is 2. The van der Waals surface area contributed by atoms with E-state index < -0.39 is 16.4 Å². The fourth-order valence-corrected chi connectivity index (χ4v) is 2.20. The number of hydrogen-bond acceptors (Lipinski definition) is 4. The molecule has 1 aromatic carbocycles. The van der Waals surface area contributed by atoms with Crippen LogP contribution in [0.2, 0.25) is 5.02 Å². The van der Waals surface area contributed by atoms with Crippen LogP contribution in [0, 0.1) is 15.9 Å². The molecule has 2 rings (SSSR count). The molecular formula is C13H13ClFN3O3. The van der Waals surface area contributed by atoms with E-state index in [1.54, 1.807) is 11.7 Å². The molecule has 6 nitrogen and oxygen atoms in total. The molecule has 1 heterocycles. The van der Waals surface area contributed by atoms with E-state index in [0.29, 0.717) is 17.1 Å². The summed E-state index contributed by atoms with van der Waals surface area (Å²) in [5.41, 5.74) is 0.828. The van der Waals surface area contributed by atoms with Gasteiger partial charge in [-0.3, -0.25) is 14.8 Å². The van der Waals surface area contributed by atoms with Crippen LogP contribution >= 0.6 is 11.6 Å². The maximum absolute atomic E-state index is 13.5. The van der Waals surface area contributed by atoms with Crippen molar-refractivity contribution in [3.05, 3.63) is 50.5 Å². The van der Waals surface area contributed by atoms with Gasteiger partial charge in [-0.15, -0.1) is 0 Å². The lowest BCUT2D eigenvalue weighted by atomic mass is 10.3. The quantitative estimate of drug-likeness (QED) is 0.627. The smallest absolute Gasteiger partial charge is 0.305 e. The van der Waals surface area contributed by atoms with Gasteiger partial charge < -0.3 is 4.74 Å². The topological polar surface area (TPSA) is 70.2 Å². The van der Waals surface area contributed by atoms with Gasteiger partial charge in [-0.2, -0.15) is 9.49 Å². The van der Waals surface area contributed by atoms with E-state index in [4.69, 9.17) is 16.3 Å². The summed E-state index contributed by atoms with van der Waals surface area (Å²) in [6, 6.07) is 3.38. The zero-order valence-electron chi connectivity index (χ0n) is 11.5. The number of nitrogens with zero attached hydrogens (tertiary/aromatic N) is 3. The molecule has 21 heavy (non-hydrogen) atoms. The third-order valence-corrected chi connectivity index (χ3v) is 3.43. The van der Waals surface area contributed by atoms with Crippen molar-refractivity contribution >= 4 is 17.3 Å². The first kappa shape index (κ1) is 15.2. The highest BCUT2D eigenvalue weighted by atomic mass is 35.5. The largest absolute Gasteiger partial charge is 0.487 e. The van der Waals surface area contributed by atoms with E-state index >= 15 is 0 Å². The van der Waals surface area contributed by atoms with Gasteiger partial charge in [0.15, 0.2) is 0 Å². The van der Waals surface area contributed by atoms with Crippen molar-refractivity contribution in [3.8, 4) is 5.75 Å². The standard InChI is InChI=1S/C13H13ClFN3O3/c1-3-10-13(14)12(17(2)16-10)7-21-8-4-5-11(18(19)20)9(15)6-8/h4-6H,3,7H2,1-2H3. The van der Waals surface area contributed by atoms with E-state index in [0.717, 1.165) is 17.8 Å². The Kier molecular flexibility index (Phi) is 4.42.